The molecule has 0 aromatic heterocycles. The van der Waals surface area contributed by atoms with Gasteiger partial charge in [-0.25, -0.2) is 4.39 Å². The van der Waals surface area contributed by atoms with E-state index < -0.39 is 18.0 Å². The summed E-state index contributed by atoms with van der Waals surface area (Å²) >= 11 is 5.35. The quantitative estimate of drug-likeness (QED) is 0.769. The van der Waals surface area contributed by atoms with Gasteiger partial charge in [0.2, 0.25) is 0 Å². The first-order chi connectivity index (χ1) is 7.10. The van der Waals surface area contributed by atoms with Crippen molar-refractivity contribution in [3.8, 4) is 6.07 Å². The van der Waals surface area contributed by atoms with E-state index in [0.717, 1.165) is 12.1 Å². The Labute approximate surface area is 91.3 Å². The molecular weight excluding hydrogens is 221 g/mol. The minimum Gasteiger partial charge on any atom is -0.389 e. The highest BCUT2D eigenvalue weighted by Gasteiger charge is 2.20. The lowest BCUT2D eigenvalue weighted by Crippen LogP contribution is -2.20. The van der Waals surface area contributed by atoms with Crippen molar-refractivity contribution in [3.05, 3.63) is 35.1 Å². The molecule has 0 amide bonds. The number of nitrogens with zero attached hydrogens (tertiary/aromatic N) is 1. The zero-order valence-corrected chi connectivity index (χ0v) is 8.45. The molecule has 15 heavy (non-hydrogen) atoms. The average Bonchev–Trinajstić information content (AvgIpc) is 2.27. The number of rotatable bonds is 3. The largest absolute Gasteiger partial charge is 0.389 e. The molecule has 0 bridgehead atoms. The van der Waals surface area contributed by atoms with Crippen LogP contribution < -0.4 is 0 Å². The number of benzene rings is 1. The molecule has 80 valence electrons. The van der Waals surface area contributed by atoms with Gasteiger partial charge in [-0.1, -0.05) is 0 Å². The molecular formula is C10H9ClFNO2. The average molecular weight is 230 g/mol. The minimum absolute atomic E-state index is 0.0469. The first-order valence-electron chi connectivity index (χ1n) is 4.21. The standard InChI is InChI=1S/C10H9ClFNO2/c11-4-9(14)10(15)8-3-7(12)2-1-6(8)5-13/h1-3,9-10,14-15H,4H2. The van der Waals surface area contributed by atoms with Gasteiger partial charge in [-0.05, 0) is 18.2 Å². The molecule has 2 N–H and O–H groups in total. The van der Waals surface area contributed by atoms with E-state index in [1.165, 1.54) is 6.07 Å². The van der Waals surface area contributed by atoms with E-state index in [4.69, 9.17) is 16.9 Å². The third-order valence-electron chi connectivity index (χ3n) is 1.98. The van der Waals surface area contributed by atoms with Gasteiger partial charge in [0.15, 0.2) is 0 Å². The third-order valence-corrected chi connectivity index (χ3v) is 2.29. The number of halogens is 2. The fourth-order valence-electron chi connectivity index (χ4n) is 1.17. The van der Waals surface area contributed by atoms with Crippen LogP contribution >= 0.6 is 11.6 Å². The molecule has 1 rings (SSSR count). The van der Waals surface area contributed by atoms with Crippen molar-refractivity contribution in [2.24, 2.45) is 0 Å². The molecule has 0 saturated heterocycles. The predicted molar refractivity (Wildman–Crippen MR) is 52.8 cm³/mol. The Morgan fingerprint density at radius 3 is 2.67 bits per heavy atom. The van der Waals surface area contributed by atoms with Gasteiger partial charge in [0, 0.05) is 5.56 Å². The van der Waals surface area contributed by atoms with Crippen LogP contribution in [0.2, 0.25) is 0 Å². The topological polar surface area (TPSA) is 64.2 Å². The second-order valence-corrected chi connectivity index (χ2v) is 3.32. The Morgan fingerprint density at radius 2 is 2.13 bits per heavy atom. The van der Waals surface area contributed by atoms with Crippen molar-refractivity contribution in [2.75, 3.05) is 5.88 Å². The molecule has 2 unspecified atom stereocenters. The van der Waals surface area contributed by atoms with Gasteiger partial charge in [-0.15, -0.1) is 11.6 Å². The molecule has 0 fully saturated rings. The summed E-state index contributed by atoms with van der Waals surface area (Å²) in [6.07, 6.45) is -2.58. The summed E-state index contributed by atoms with van der Waals surface area (Å²) in [5, 5.41) is 27.6. The lowest BCUT2D eigenvalue weighted by molar-refractivity contribution is 0.0324. The summed E-state index contributed by atoms with van der Waals surface area (Å²) in [4.78, 5) is 0. The van der Waals surface area contributed by atoms with E-state index in [0.29, 0.717) is 0 Å². The molecule has 0 aliphatic heterocycles. The van der Waals surface area contributed by atoms with Crippen LogP contribution in [-0.4, -0.2) is 22.2 Å². The van der Waals surface area contributed by atoms with Crippen molar-refractivity contribution >= 4 is 11.6 Å². The third kappa shape index (κ3) is 2.66. The van der Waals surface area contributed by atoms with Gasteiger partial charge < -0.3 is 10.2 Å². The molecule has 0 aliphatic rings. The van der Waals surface area contributed by atoms with E-state index in [1.807, 2.05) is 0 Å². The van der Waals surface area contributed by atoms with E-state index in [1.54, 1.807) is 6.07 Å². The van der Waals surface area contributed by atoms with Crippen molar-refractivity contribution in [3.63, 3.8) is 0 Å². The van der Waals surface area contributed by atoms with Gasteiger partial charge in [0.1, 0.15) is 11.9 Å². The maximum Gasteiger partial charge on any atom is 0.123 e. The van der Waals surface area contributed by atoms with Crippen LogP contribution in [0.4, 0.5) is 4.39 Å². The molecule has 0 saturated carbocycles. The maximum absolute atomic E-state index is 12.9. The Morgan fingerprint density at radius 1 is 1.47 bits per heavy atom. The predicted octanol–water partition coefficient (Wildman–Crippen LogP) is 1.33. The zero-order chi connectivity index (χ0) is 11.4. The normalized spacial score (nSPS) is 14.3. The second-order valence-electron chi connectivity index (χ2n) is 3.01. The molecule has 0 heterocycles. The molecule has 1 aromatic rings. The fourth-order valence-corrected chi connectivity index (χ4v) is 1.34. The van der Waals surface area contributed by atoms with Crippen molar-refractivity contribution in [1.29, 1.82) is 5.26 Å². The minimum atomic E-state index is -1.35. The lowest BCUT2D eigenvalue weighted by atomic mass is 10.00. The Hall–Kier alpha value is -1.15. The zero-order valence-electron chi connectivity index (χ0n) is 7.69. The Kier molecular flexibility index (Phi) is 4.04. The van der Waals surface area contributed by atoms with Crippen molar-refractivity contribution in [1.82, 2.24) is 0 Å². The van der Waals surface area contributed by atoms with Gasteiger partial charge in [0.25, 0.3) is 0 Å². The highest BCUT2D eigenvalue weighted by Crippen LogP contribution is 2.22. The van der Waals surface area contributed by atoms with E-state index >= 15 is 0 Å². The summed E-state index contributed by atoms with van der Waals surface area (Å²) in [6.45, 7) is 0. The SMILES string of the molecule is N#Cc1ccc(F)cc1C(O)C(O)CCl. The van der Waals surface area contributed by atoms with Gasteiger partial charge >= 0.3 is 0 Å². The van der Waals surface area contributed by atoms with Gasteiger partial charge in [-0.3, -0.25) is 0 Å². The first-order valence-corrected chi connectivity index (χ1v) is 4.75. The van der Waals surface area contributed by atoms with Crippen molar-refractivity contribution in [2.45, 2.75) is 12.2 Å². The summed E-state index contributed by atoms with van der Waals surface area (Å²) < 4.78 is 12.9. The number of aliphatic hydroxyl groups is 2. The summed E-state index contributed by atoms with van der Waals surface area (Å²) in [5.74, 6) is -0.771. The van der Waals surface area contributed by atoms with Crippen LogP contribution in [0, 0.1) is 17.1 Å². The van der Waals surface area contributed by atoms with E-state index in [2.05, 4.69) is 0 Å². The molecule has 0 aliphatic carbocycles. The summed E-state index contributed by atoms with van der Waals surface area (Å²) in [5.41, 5.74) is 0.165. The second kappa shape index (κ2) is 5.08. The van der Waals surface area contributed by atoms with Crippen LogP contribution in [0.25, 0.3) is 0 Å². The van der Waals surface area contributed by atoms with Gasteiger partial charge in [-0.2, -0.15) is 5.26 Å². The number of hydrogen-bond donors (Lipinski definition) is 2. The number of nitriles is 1. The number of aliphatic hydroxyl groups excluding tert-OH is 2. The maximum atomic E-state index is 12.9. The molecule has 5 heteroatoms. The van der Waals surface area contributed by atoms with E-state index in [-0.39, 0.29) is 17.0 Å². The Balaban J connectivity index is 3.12. The Bertz CT molecular complexity index is 391. The van der Waals surface area contributed by atoms with Crippen LogP contribution in [-0.2, 0) is 0 Å². The summed E-state index contributed by atoms with van der Waals surface area (Å²) in [6, 6.07) is 5.17. The first kappa shape index (κ1) is 11.9. The van der Waals surface area contributed by atoms with Crippen LogP contribution in [0.3, 0.4) is 0 Å². The highest BCUT2D eigenvalue weighted by molar-refractivity contribution is 6.18. The van der Waals surface area contributed by atoms with Crippen LogP contribution in [0.5, 0.6) is 0 Å². The molecule has 0 spiro atoms. The van der Waals surface area contributed by atoms with Crippen LogP contribution in [0.1, 0.15) is 17.2 Å². The monoisotopic (exact) mass is 229 g/mol. The van der Waals surface area contributed by atoms with E-state index in [9.17, 15) is 14.6 Å². The molecule has 3 nitrogen and oxygen atoms in total. The number of alkyl halides is 1. The summed E-state index contributed by atoms with van der Waals surface area (Å²) in [7, 11) is 0. The molecule has 0 radical (unpaired) electrons. The smallest absolute Gasteiger partial charge is 0.123 e. The lowest BCUT2D eigenvalue weighted by Gasteiger charge is -2.16. The highest BCUT2D eigenvalue weighted by atomic mass is 35.5. The van der Waals surface area contributed by atoms with Crippen molar-refractivity contribution < 1.29 is 14.6 Å². The molecule has 2 atom stereocenters. The van der Waals surface area contributed by atoms with Gasteiger partial charge in [0.05, 0.1) is 23.6 Å². The fraction of sp³-hybridized carbons (Fsp3) is 0.300. The molecule has 1 aromatic carbocycles. The van der Waals surface area contributed by atoms with Crippen LogP contribution in [0.15, 0.2) is 18.2 Å². The number of hydrogen-bond acceptors (Lipinski definition) is 3.